The number of benzene rings is 2. The first kappa shape index (κ1) is 23.7. The number of ether oxygens (including phenoxy) is 1. The van der Waals surface area contributed by atoms with Crippen molar-refractivity contribution in [1.29, 1.82) is 5.26 Å². The molecule has 0 saturated heterocycles. The van der Waals surface area contributed by atoms with Crippen LogP contribution in [0.4, 0.5) is 28.8 Å². The SMILES string of the molecule is COc1cc(Nc2ncc3c(n2)N(C2CCCCC2)[C@H](C)C(=O)N3c2cccc(C#N)c2)cc2cn[nH]c12. The topological polar surface area (TPSA) is 123 Å². The average Bonchev–Trinajstić information content (AvgIpc) is 3.43. The number of aromatic amines is 1. The van der Waals surface area contributed by atoms with Crippen LogP contribution in [0, 0.1) is 11.3 Å². The minimum absolute atomic E-state index is 0.0578. The van der Waals surface area contributed by atoms with Crippen LogP contribution in [-0.2, 0) is 4.79 Å². The Morgan fingerprint density at radius 1 is 1.16 bits per heavy atom. The fraction of sp³-hybridized carbons (Fsp3) is 0.321. The Morgan fingerprint density at radius 2 is 2.00 bits per heavy atom. The Morgan fingerprint density at radius 3 is 2.79 bits per heavy atom. The number of hydrogen-bond acceptors (Lipinski definition) is 8. The number of carbonyl (C=O) groups excluding carboxylic acids is 1. The number of nitrogens with zero attached hydrogens (tertiary/aromatic N) is 6. The standard InChI is InChI=1S/C28H28N8O2/c1-17-27(37)36(22-10-6-7-18(11-22)14-29)23-16-30-28(33-26(23)35(17)21-8-4-3-5-9-21)32-20-12-19-15-31-34-25(19)24(13-20)38-2/h6-7,10-13,15-17,21H,3-5,8-9H2,1-2H3,(H,31,34)(H,30,32,33)/t17-/m1/s1. The van der Waals surface area contributed by atoms with Gasteiger partial charge in [0, 0.05) is 23.2 Å². The van der Waals surface area contributed by atoms with E-state index in [0.717, 1.165) is 42.3 Å². The number of amides is 1. The molecule has 2 N–H and O–H groups in total. The molecule has 6 rings (SSSR count). The number of rotatable bonds is 5. The minimum atomic E-state index is -0.415. The summed E-state index contributed by atoms with van der Waals surface area (Å²) in [5.74, 6) is 1.73. The molecule has 0 radical (unpaired) electrons. The highest BCUT2D eigenvalue weighted by molar-refractivity contribution is 6.10. The Bertz CT molecular complexity index is 1550. The van der Waals surface area contributed by atoms with Gasteiger partial charge in [0.05, 0.1) is 36.8 Å². The van der Waals surface area contributed by atoms with E-state index in [1.54, 1.807) is 42.6 Å². The summed E-state index contributed by atoms with van der Waals surface area (Å²) in [5, 5.41) is 20.7. The van der Waals surface area contributed by atoms with Gasteiger partial charge in [0.2, 0.25) is 5.95 Å². The number of hydrogen-bond donors (Lipinski definition) is 2. The molecule has 2 aromatic heterocycles. The smallest absolute Gasteiger partial charge is 0.254 e. The molecule has 192 valence electrons. The molecule has 1 aliphatic carbocycles. The van der Waals surface area contributed by atoms with Crippen molar-refractivity contribution in [3.8, 4) is 11.8 Å². The molecule has 10 heteroatoms. The Kier molecular flexibility index (Phi) is 6.04. The summed E-state index contributed by atoms with van der Waals surface area (Å²) in [6.07, 6.45) is 8.93. The van der Waals surface area contributed by atoms with Crippen LogP contribution in [-0.4, -0.2) is 45.3 Å². The van der Waals surface area contributed by atoms with Crippen molar-refractivity contribution in [2.24, 2.45) is 0 Å². The van der Waals surface area contributed by atoms with Crippen LogP contribution in [0.5, 0.6) is 5.75 Å². The number of nitrogens with one attached hydrogen (secondary N) is 2. The minimum Gasteiger partial charge on any atom is -0.494 e. The average molecular weight is 509 g/mol. The third-order valence-electron chi connectivity index (χ3n) is 7.42. The summed E-state index contributed by atoms with van der Waals surface area (Å²) in [7, 11) is 1.62. The monoisotopic (exact) mass is 508 g/mol. The van der Waals surface area contributed by atoms with E-state index in [1.807, 2.05) is 25.1 Å². The molecule has 1 amide bonds. The van der Waals surface area contributed by atoms with Gasteiger partial charge in [-0.3, -0.25) is 14.8 Å². The van der Waals surface area contributed by atoms with Gasteiger partial charge in [0.25, 0.3) is 5.91 Å². The van der Waals surface area contributed by atoms with E-state index < -0.39 is 6.04 Å². The van der Waals surface area contributed by atoms with Gasteiger partial charge >= 0.3 is 0 Å². The maximum absolute atomic E-state index is 13.8. The highest BCUT2D eigenvalue weighted by atomic mass is 16.5. The molecule has 2 aromatic carbocycles. The van der Waals surface area contributed by atoms with Crippen LogP contribution in [0.15, 0.2) is 48.8 Å². The molecule has 0 spiro atoms. The molecule has 38 heavy (non-hydrogen) atoms. The molecule has 1 fully saturated rings. The summed E-state index contributed by atoms with van der Waals surface area (Å²) >= 11 is 0. The molecule has 1 atom stereocenters. The fourth-order valence-corrected chi connectivity index (χ4v) is 5.60. The molecule has 1 saturated carbocycles. The maximum Gasteiger partial charge on any atom is 0.254 e. The molecular formula is C28H28N8O2. The van der Waals surface area contributed by atoms with E-state index in [-0.39, 0.29) is 11.9 Å². The normalized spacial score (nSPS) is 17.8. The first-order chi connectivity index (χ1) is 18.6. The van der Waals surface area contributed by atoms with Gasteiger partial charge in [0.15, 0.2) is 5.82 Å². The van der Waals surface area contributed by atoms with E-state index in [4.69, 9.17) is 9.72 Å². The van der Waals surface area contributed by atoms with E-state index >= 15 is 0 Å². The Balaban J connectivity index is 1.44. The molecule has 4 aromatic rings. The number of H-pyrrole nitrogens is 1. The Labute approximate surface area is 220 Å². The van der Waals surface area contributed by atoms with Crippen molar-refractivity contribution in [2.45, 2.75) is 51.1 Å². The largest absolute Gasteiger partial charge is 0.494 e. The third-order valence-corrected chi connectivity index (χ3v) is 7.42. The zero-order valence-electron chi connectivity index (χ0n) is 21.3. The first-order valence-corrected chi connectivity index (χ1v) is 12.8. The second-order valence-electron chi connectivity index (χ2n) is 9.75. The number of nitriles is 1. The van der Waals surface area contributed by atoms with Crippen LogP contribution in [0.3, 0.4) is 0 Å². The number of methoxy groups -OCH3 is 1. The van der Waals surface area contributed by atoms with Gasteiger partial charge in [-0.25, -0.2) is 4.98 Å². The van der Waals surface area contributed by atoms with Gasteiger partial charge in [-0.05, 0) is 44.0 Å². The van der Waals surface area contributed by atoms with Crippen molar-refractivity contribution < 1.29 is 9.53 Å². The molecule has 0 bridgehead atoms. The second kappa shape index (κ2) is 9.67. The molecular weight excluding hydrogens is 480 g/mol. The van der Waals surface area contributed by atoms with Crippen LogP contribution in [0.25, 0.3) is 10.9 Å². The zero-order chi connectivity index (χ0) is 26.2. The van der Waals surface area contributed by atoms with Crippen molar-refractivity contribution in [3.05, 3.63) is 54.4 Å². The fourth-order valence-electron chi connectivity index (χ4n) is 5.60. The highest BCUT2D eigenvalue weighted by Crippen LogP contribution is 2.42. The van der Waals surface area contributed by atoms with Crippen LogP contribution in [0.2, 0.25) is 0 Å². The first-order valence-electron chi connectivity index (χ1n) is 12.8. The van der Waals surface area contributed by atoms with Gasteiger partial charge in [-0.15, -0.1) is 0 Å². The van der Waals surface area contributed by atoms with E-state index in [2.05, 4.69) is 31.5 Å². The number of fused-ring (bicyclic) bond motifs is 2. The van der Waals surface area contributed by atoms with Gasteiger partial charge in [-0.2, -0.15) is 15.3 Å². The van der Waals surface area contributed by atoms with Crippen molar-refractivity contribution in [2.75, 3.05) is 22.2 Å². The van der Waals surface area contributed by atoms with E-state index in [9.17, 15) is 10.1 Å². The number of aromatic nitrogens is 4. The van der Waals surface area contributed by atoms with Crippen LogP contribution < -0.4 is 19.9 Å². The molecule has 1 aliphatic heterocycles. The van der Waals surface area contributed by atoms with Crippen molar-refractivity contribution in [1.82, 2.24) is 20.2 Å². The van der Waals surface area contributed by atoms with Gasteiger partial charge in [-0.1, -0.05) is 25.3 Å². The predicted octanol–water partition coefficient (Wildman–Crippen LogP) is 5.18. The lowest BCUT2D eigenvalue weighted by Crippen LogP contribution is -2.55. The lowest BCUT2D eigenvalue weighted by Gasteiger charge is -2.45. The van der Waals surface area contributed by atoms with Crippen LogP contribution in [0.1, 0.15) is 44.6 Å². The Hall–Kier alpha value is -4.65. The molecule has 3 heterocycles. The quantitative estimate of drug-likeness (QED) is 0.378. The second-order valence-corrected chi connectivity index (χ2v) is 9.75. The molecule has 2 aliphatic rings. The van der Waals surface area contributed by atoms with Crippen molar-refractivity contribution >= 4 is 45.6 Å². The lowest BCUT2D eigenvalue weighted by atomic mass is 9.92. The van der Waals surface area contributed by atoms with Gasteiger partial charge in [0.1, 0.15) is 23.0 Å². The summed E-state index contributed by atoms with van der Waals surface area (Å²) in [5.41, 5.74) is 3.31. The summed E-state index contributed by atoms with van der Waals surface area (Å²) in [6, 6.07) is 12.9. The maximum atomic E-state index is 13.8. The summed E-state index contributed by atoms with van der Waals surface area (Å²) < 4.78 is 5.53. The van der Waals surface area contributed by atoms with Crippen molar-refractivity contribution in [3.63, 3.8) is 0 Å². The zero-order valence-corrected chi connectivity index (χ0v) is 21.3. The highest BCUT2D eigenvalue weighted by Gasteiger charge is 2.41. The molecule has 10 nitrogen and oxygen atoms in total. The third kappa shape index (κ3) is 4.06. The summed E-state index contributed by atoms with van der Waals surface area (Å²) in [6.45, 7) is 1.94. The summed E-state index contributed by atoms with van der Waals surface area (Å²) in [4.78, 5) is 27.2. The number of carbonyl (C=O) groups is 1. The van der Waals surface area contributed by atoms with Gasteiger partial charge < -0.3 is 15.0 Å². The molecule has 0 unspecified atom stereocenters. The van der Waals surface area contributed by atoms with E-state index in [0.29, 0.717) is 34.5 Å². The number of anilines is 5. The lowest BCUT2D eigenvalue weighted by molar-refractivity contribution is -0.119. The van der Waals surface area contributed by atoms with E-state index in [1.165, 1.54) is 6.42 Å². The predicted molar refractivity (Wildman–Crippen MR) is 145 cm³/mol. The van der Waals surface area contributed by atoms with Crippen LogP contribution >= 0.6 is 0 Å².